The third kappa shape index (κ3) is 4.06. The van der Waals surface area contributed by atoms with Crippen LogP contribution >= 0.6 is 0 Å². The molecular weight excluding hydrogens is 264 g/mol. The van der Waals surface area contributed by atoms with Crippen molar-refractivity contribution >= 4 is 11.7 Å². The number of nitrogens with one attached hydrogen (secondary N) is 1. The first-order valence-electron chi connectivity index (χ1n) is 8.57. The van der Waals surface area contributed by atoms with Gasteiger partial charge in [-0.15, -0.1) is 0 Å². The molecule has 21 heavy (non-hydrogen) atoms. The molecule has 3 unspecified atom stereocenters. The van der Waals surface area contributed by atoms with Gasteiger partial charge in [0, 0.05) is 24.9 Å². The van der Waals surface area contributed by atoms with E-state index in [4.69, 9.17) is 0 Å². The molecule has 1 N–H and O–H groups in total. The van der Waals surface area contributed by atoms with Crippen LogP contribution in [0, 0.1) is 11.8 Å². The fraction of sp³-hybridized carbons (Fsp3) is 0.882. The van der Waals surface area contributed by atoms with Crippen molar-refractivity contribution in [1.29, 1.82) is 0 Å². The van der Waals surface area contributed by atoms with E-state index in [1.807, 2.05) is 6.92 Å². The number of carbonyl (C=O) groups excluding carboxylic acids is 2. The minimum atomic E-state index is -0.119. The highest BCUT2D eigenvalue weighted by atomic mass is 16.2. The van der Waals surface area contributed by atoms with Crippen LogP contribution in [0.5, 0.6) is 0 Å². The van der Waals surface area contributed by atoms with E-state index in [1.54, 1.807) is 0 Å². The summed E-state index contributed by atoms with van der Waals surface area (Å²) < 4.78 is 0. The van der Waals surface area contributed by atoms with Crippen molar-refractivity contribution in [3.05, 3.63) is 0 Å². The van der Waals surface area contributed by atoms with E-state index >= 15 is 0 Å². The van der Waals surface area contributed by atoms with Gasteiger partial charge in [0.25, 0.3) is 0 Å². The molecule has 0 aromatic heterocycles. The van der Waals surface area contributed by atoms with Gasteiger partial charge in [0.2, 0.25) is 5.91 Å². The van der Waals surface area contributed by atoms with Gasteiger partial charge < -0.3 is 5.32 Å². The number of likely N-dealkylation sites (tertiary alicyclic amines) is 1. The Morgan fingerprint density at radius 2 is 2.00 bits per heavy atom. The topological polar surface area (TPSA) is 49.4 Å². The molecule has 4 heteroatoms. The Bertz CT molecular complexity index is 381. The lowest BCUT2D eigenvalue weighted by Crippen LogP contribution is -2.51. The zero-order chi connectivity index (χ0) is 15.4. The number of hydrogen-bond acceptors (Lipinski definition) is 3. The van der Waals surface area contributed by atoms with Gasteiger partial charge in [-0.2, -0.15) is 0 Å². The van der Waals surface area contributed by atoms with E-state index in [2.05, 4.69) is 24.1 Å². The standard InChI is InChI=1S/C17H30N2O2/c1-12(2)11-18-17(21)13(3)19-10-6-8-15(19)14-7-4-5-9-16(14)20/h12-15H,4-11H2,1-3H3,(H,18,21). The Morgan fingerprint density at radius 3 is 2.67 bits per heavy atom. The summed E-state index contributed by atoms with van der Waals surface area (Å²) in [6.45, 7) is 7.87. The molecule has 2 fully saturated rings. The van der Waals surface area contributed by atoms with Crippen molar-refractivity contribution < 1.29 is 9.59 Å². The maximum atomic E-state index is 12.3. The summed E-state index contributed by atoms with van der Waals surface area (Å²) in [7, 11) is 0. The molecular formula is C17H30N2O2. The SMILES string of the molecule is CC(C)CNC(=O)C(C)N1CCCC1C1CCCCC1=O. The van der Waals surface area contributed by atoms with E-state index < -0.39 is 0 Å². The van der Waals surface area contributed by atoms with Crippen molar-refractivity contribution in [2.75, 3.05) is 13.1 Å². The summed E-state index contributed by atoms with van der Waals surface area (Å²) in [6, 6.07) is 0.170. The van der Waals surface area contributed by atoms with Gasteiger partial charge in [-0.1, -0.05) is 20.3 Å². The predicted octanol–water partition coefficient (Wildman–Crippen LogP) is 2.37. The fourth-order valence-corrected chi connectivity index (χ4v) is 3.75. The first-order chi connectivity index (χ1) is 10.0. The van der Waals surface area contributed by atoms with E-state index in [-0.39, 0.29) is 23.9 Å². The molecule has 0 bridgehead atoms. The van der Waals surface area contributed by atoms with Crippen molar-refractivity contribution in [2.45, 2.75) is 71.4 Å². The molecule has 0 spiro atoms. The number of Topliss-reactive ketones (excluding diaryl/α,β-unsaturated/α-hetero) is 1. The highest BCUT2D eigenvalue weighted by Crippen LogP contribution is 2.33. The molecule has 1 saturated heterocycles. The minimum Gasteiger partial charge on any atom is -0.354 e. The first-order valence-corrected chi connectivity index (χ1v) is 8.57. The normalized spacial score (nSPS) is 28.9. The molecule has 120 valence electrons. The van der Waals surface area contributed by atoms with Crippen LogP contribution in [0.2, 0.25) is 0 Å². The van der Waals surface area contributed by atoms with Gasteiger partial charge in [-0.3, -0.25) is 14.5 Å². The monoisotopic (exact) mass is 294 g/mol. The Hall–Kier alpha value is -0.900. The van der Waals surface area contributed by atoms with Crippen molar-refractivity contribution in [2.24, 2.45) is 11.8 Å². The molecule has 1 aliphatic heterocycles. The lowest BCUT2D eigenvalue weighted by atomic mass is 9.81. The van der Waals surface area contributed by atoms with E-state index in [0.717, 1.165) is 51.6 Å². The number of carbonyl (C=O) groups is 2. The van der Waals surface area contributed by atoms with Crippen LogP contribution in [-0.4, -0.2) is 41.8 Å². The number of amides is 1. The lowest BCUT2D eigenvalue weighted by Gasteiger charge is -2.36. The van der Waals surface area contributed by atoms with Crippen LogP contribution in [0.4, 0.5) is 0 Å². The molecule has 0 aromatic carbocycles. The second-order valence-electron chi connectivity index (χ2n) is 7.08. The quantitative estimate of drug-likeness (QED) is 0.847. The third-order valence-corrected chi connectivity index (χ3v) is 4.97. The highest BCUT2D eigenvalue weighted by Gasteiger charge is 2.40. The molecule has 0 radical (unpaired) electrons. The van der Waals surface area contributed by atoms with Gasteiger partial charge >= 0.3 is 0 Å². The third-order valence-electron chi connectivity index (χ3n) is 4.97. The van der Waals surface area contributed by atoms with Crippen LogP contribution in [0.15, 0.2) is 0 Å². The van der Waals surface area contributed by atoms with Crippen LogP contribution in [0.3, 0.4) is 0 Å². The average molecular weight is 294 g/mol. The van der Waals surface area contributed by atoms with Gasteiger partial charge in [0.1, 0.15) is 5.78 Å². The summed E-state index contributed by atoms with van der Waals surface area (Å²) in [5.41, 5.74) is 0. The number of nitrogens with zero attached hydrogens (tertiary/aromatic N) is 1. The maximum Gasteiger partial charge on any atom is 0.237 e. The smallest absolute Gasteiger partial charge is 0.237 e. The Morgan fingerprint density at radius 1 is 1.24 bits per heavy atom. The summed E-state index contributed by atoms with van der Waals surface area (Å²) >= 11 is 0. The van der Waals surface area contributed by atoms with E-state index in [1.165, 1.54) is 0 Å². The van der Waals surface area contributed by atoms with Gasteiger partial charge in [0.15, 0.2) is 0 Å². The summed E-state index contributed by atoms with van der Waals surface area (Å²) in [5.74, 6) is 1.17. The summed E-state index contributed by atoms with van der Waals surface area (Å²) in [6.07, 6.45) is 6.14. The molecule has 2 aliphatic rings. The second-order valence-corrected chi connectivity index (χ2v) is 7.08. The van der Waals surface area contributed by atoms with Gasteiger partial charge in [-0.05, 0) is 45.1 Å². The number of rotatable bonds is 5. The van der Waals surface area contributed by atoms with E-state index in [9.17, 15) is 9.59 Å². The molecule has 4 nitrogen and oxygen atoms in total. The Labute approximate surface area is 128 Å². The minimum absolute atomic E-state index is 0.110. The summed E-state index contributed by atoms with van der Waals surface area (Å²) in [4.78, 5) is 26.8. The molecule has 1 aliphatic carbocycles. The molecule has 2 rings (SSSR count). The zero-order valence-corrected chi connectivity index (χ0v) is 13.7. The maximum absolute atomic E-state index is 12.3. The fourth-order valence-electron chi connectivity index (χ4n) is 3.75. The van der Waals surface area contributed by atoms with Crippen LogP contribution < -0.4 is 5.32 Å². The molecule has 0 aromatic rings. The van der Waals surface area contributed by atoms with Crippen LogP contribution in [0.25, 0.3) is 0 Å². The number of ketones is 1. The molecule has 1 saturated carbocycles. The molecule has 1 heterocycles. The zero-order valence-electron chi connectivity index (χ0n) is 13.7. The summed E-state index contributed by atoms with van der Waals surface area (Å²) in [5, 5.41) is 3.03. The second kappa shape index (κ2) is 7.39. The van der Waals surface area contributed by atoms with Crippen molar-refractivity contribution in [3.8, 4) is 0 Å². The predicted molar refractivity (Wildman–Crippen MR) is 84.0 cm³/mol. The van der Waals surface area contributed by atoms with Crippen LogP contribution in [0.1, 0.15) is 59.3 Å². The Balaban J connectivity index is 1.97. The number of hydrogen-bond donors (Lipinski definition) is 1. The lowest BCUT2D eigenvalue weighted by molar-refractivity contribution is -0.131. The van der Waals surface area contributed by atoms with Crippen molar-refractivity contribution in [1.82, 2.24) is 10.2 Å². The van der Waals surface area contributed by atoms with Gasteiger partial charge in [0.05, 0.1) is 6.04 Å². The largest absolute Gasteiger partial charge is 0.354 e. The molecule has 1 amide bonds. The van der Waals surface area contributed by atoms with Gasteiger partial charge in [-0.25, -0.2) is 0 Å². The first kappa shape index (κ1) is 16.5. The molecule has 3 atom stereocenters. The van der Waals surface area contributed by atoms with Crippen molar-refractivity contribution in [3.63, 3.8) is 0 Å². The highest BCUT2D eigenvalue weighted by molar-refractivity contribution is 5.83. The van der Waals surface area contributed by atoms with E-state index in [0.29, 0.717) is 11.7 Å². The van der Waals surface area contributed by atoms with Crippen LogP contribution in [-0.2, 0) is 9.59 Å². The average Bonchev–Trinajstić information content (AvgIpc) is 2.93. The Kier molecular flexibility index (Phi) is 5.80.